The summed E-state index contributed by atoms with van der Waals surface area (Å²) in [6, 6.07) is 0. The van der Waals surface area contributed by atoms with Crippen molar-refractivity contribution in [3.05, 3.63) is 0 Å². The molecular formula is C6H14O2S2. The van der Waals surface area contributed by atoms with E-state index in [2.05, 4.69) is 25.3 Å². The molecule has 4 heteroatoms. The SMILES string of the molecule is OC(S)OCCCCCS. The molecule has 0 saturated carbocycles. The van der Waals surface area contributed by atoms with E-state index in [-0.39, 0.29) is 0 Å². The fraction of sp³-hybridized carbons (Fsp3) is 1.00. The largest absolute Gasteiger partial charge is 0.360 e. The molecule has 0 aromatic carbocycles. The number of rotatable bonds is 6. The molecule has 0 fully saturated rings. The lowest BCUT2D eigenvalue weighted by molar-refractivity contribution is -0.0318. The average Bonchev–Trinajstić information content (AvgIpc) is 1.87. The Morgan fingerprint density at radius 3 is 2.50 bits per heavy atom. The van der Waals surface area contributed by atoms with Crippen LogP contribution in [0.5, 0.6) is 0 Å². The van der Waals surface area contributed by atoms with Crippen LogP contribution in [-0.4, -0.2) is 23.1 Å². The zero-order valence-electron chi connectivity index (χ0n) is 5.86. The van der Waals surface area contributed by atoms with Crippen LogP contribution in [0.2, 0.25) is 0 Å². The summed E-state index contributed by atoms with van der Waals surface area (Å²) in [4.78, 5) is 0. The predicted octanol–water partition coefficient (Wildman–Crippen LogP) is 1.31. The van der Waals surface area contributed by atoms with Crippen molar-refractivity contribution in [1.82, 2.24) is 0 Å². The molecule has 0 rings (SSSR count). The molecule has 0 bridgehead atoms. The number of aliphatic hydroxyl groups is 1. The number of hydrogen-bond donors (Lipinski definition) is 3. The molecule has 0 amide bonds. The van der Waals surface area contributed by atoms with Crippen molar-refractivity contribution in [2.75, 3.05) is 12.4 Å². The molecule has 1 unspecified atom stereocenters. The molecule has 1 N–H and O–H groups in total. The van der Waals surface area contributed by atoms with Gasteiger partial charge in [0.1, 0.15) is 0 Å². The molecule has 0 aromatic heterocycles. The summed E-state index contributed by atoms with van der Waals surface area (Å²) in [6.07, 6.45) is 3.18. The van der Waals surface area contributed by atoms with Crippen molar-refractivity contribution in [2.24, 2.45) is 0 Å². The molecule has 0 aliphatic heterocycles. The molecule has 1 atom stereocenters. The van der Waals surface area contributed by atoms with Gasteiger partial charge in [-0.1, -0.05) is 6.42 Å². The van der Waals surface area contributed by atoms with Crippen molar-refractivity contribution >= 4 is 25.3 Å². The van der Waals surface area contributed by atoms with E-state index in [0.29, 0.717) is 6.61 Å². The number of aliphatic hydroxyl groups excluding tert-OH is 1. The summed E-state index contributed by atoms with van der Waals surface area (Å²) >= 11 is 7.70. The zero-order valence-corrected chi connectivity index (χ0v) is 7.65. The van der Waals surface area contributed by atoms with Gasteiger partial charge in [0.15, 0.2) is 0 Å². The standard InChI is InChI=1S/C6H14O2S2/c7-6(10)8-4-2-1-3-5-9/h6-7,9-10H,1-5H2. The highest BCUT2D eigenvalue weighted by Crippen LogP contribution is 1.99. The van der Waals surface area contributed by atoms with Gasteiger partial charge in [-0.05, 0) is 18.6 Å². The van der Waals surface area contributed by atoms with Crippen molar-refractivity contribution in [1.29, 1.82) is 0 Å². The van der Waals surface area contributed by atoms with Crippen LogP contribution in [0.3, 0.4) is 0 Å². The number of unbranched alkanes of at least 4 members (excludes halogenated alkanes) is 2. The van der Waals surface area contributed by atoms with E-state index in [1.54, 1.807) is 0 Å². The van der Waals surface area contributed by atoms with Crippen LogP contribution in [0.15, 0.2) is 0 Å². The van der Waals surface area contributed by atoms with Crippen molar-refractivity contribution in [3.63, 3.8) is 0 Å². The van der Waals surface area contributed by atoms with Crippen LogP contribution < -0.4 is 0 Å². The summed E-state index contributed by atoms with van der Waals surface area (Å²) in [6.45, 7) is 0.582. The maximum absolute atomic E-state index is 8.54. The van der Waals surface area contributed by atoms with Crippen molar-refractivity contribution in [2.45, 2.75) is 24.9 Å². The van der Waals surface area contributed by atoms with E-state index in [4.69, 9.17) is 9.84 Å². The van der Waals surface area contributed by atoms with Gasteiger partial charge in [-0.2, -0.15) is 12.6 Å². The smallest absolute Gasteiger partial charge is 0.201 e. The minimum absolute atomic E-state index is 0.582. The topological polar surface area (TPSA) is 29.5 Å². The van der Waals surface area contributed by atoms with Crippen molar-refractivity contribution in [3.8, 4) is 0 Å². The zero-order chi connectivity index (χ0) is 7.82. The molecule has 0 aliphatic rings. The lowest BCUT2D eigenvalue weighted by atomic mass is 10.3. The molecule has 0 spiro atoms. The van der Waals surface area contributed by atoms with Gasteiger partial charge in [0.25, 0.3) is 0 Å². The average molecular weight is 182 g/mol. The molecule has 62 valence electrons. The van der Waals surface area contributed by atoms with Gasteiger partial charge in [0.05, 0.1) is 6.61 Å². The molecular weight excluding hydrogens is 168 g/mol. The van der Waals surface area contributed by atoms with Crippen molar-refractivity contribution < 1.29 is 9.84 Å². The first-order valence-corrected chi connectivity index (χ1v) is 4.51. The van der Waals surface area contributed by atoms with E-state index in [0.717, 1.165) is 25.0 Å². The number of ether oxygens (including phenoxy) is 1. The Kier molecular flexibility index (Phi) is 8.20. The fourth-order valence-electron chi connectivity index (χ4n) is 0.579. The van der Waals surface area contributed by atoms with Crippen LogP contribution in [0.1, 0.15) is 19.3 Å². The molecule has 0 radical (unpaired) electrons. The van der Waals surface area contributed by atoms with E-state index < -0.39 is 5.62 Å². The second kappa shape index (κ2) is 7.72. The summed E-state index contributed by atoms with van der Waals surface area (Å²) < 4.78 is 4.78. The summed E-state index contributed by atoms with van der Waals surface area (Å²) in [5.74, 6) is 0.920. The van der Waals surface area contributed by atoms with Crippen LogP contribution in [-0.2, 0) is 4.74 Å². The van der Waals surface area contributed by atoms with Gasteiger partial charge in [-0.25, -0.2) is 0 Å². The Bertz CT molecular complexity index is 68.8. The second-order valence-corrected chi connectivity index (χ2v) is 2.87. The normalized spacial score (nSPS) is 13.5. The number of hydrogen-bond acceptors (Lipinski definition) is 4. The van der Waals surface area contributed by atoms with Crippen LogP contribution in [0.25, 0.3) is 0 Å². The van der Waals surface area contributed by atoms with Crippen LogP contribution in [0, 0.1) is 0 Å². The van der Waals surface area contributed by atoms with Crippen LogP contribution in [0.4, 0.5) is 0 Å². The van der Waals surface area contributed by atoms with Gasteiger partial charge in [-0.3, -0.25) is 0 Å². The molecule has 0 aromatic rings. The third-order valence-corrected chi connectivity index (χ3v) is 1.53. The fourth-order valence-corrected chi connectivity index (χ4v) is 0.908. The Balaban J connectivity index is 2.77. The van der Waals surface area contributed by atoms with Gasteiger partial charge >= 0.3 is 0 Å². The van der Waals surface area contributed by atoms with Gasteiger partial charge in [0.2, 0.25) is 5.62 Å². The maximum atomic E-state index is 8.54. The predicted molar refractivity (Wildman–Crippen MR) is 48.6 cm³/mol. The minimum atomic E-state index is -0.920. The first kappa shape index (κ1) is 10.6. The molecule has 2 nitrogen and oxygen atoms in total. The third-order valence-electron chi connectivity index (χ3n) is 1.07. The summed E-state index contributed by atoms with van der Waals surface area (Å²) in [5.41, 5.74) is -0.920. The second-order valence-electron chi connectivity index (χ2n) is 1.98. The third kappa shape index (κ3) is 8.62. The lowest BCUT2D eigenvalue weighted by Gasteiger charge is -2.04. The highest BCUT2D eigenvalue weighted by atomic mass is 32.1. The first-order valence-electron chi connectivity index (χ1n) is 3.36. The maximum Gasteiger partial charge on any atom is 0.201 e. The van der Waals surface area contributed by atoms with E-state index in [1.807, 2.05) is 0 Å². The van der Waals surface area contributed by atoms with Gasteiger partial charge in [0, 0.05) is 0 Å². The Labute approximate surface area is 72.8 Å². The Hall–Kier alpha value is 0.620. The first-order chi connectivity index (χ1) is 4.77. The highest BCUT2D eigenvalue weighted by Gasteiger charge is 1.93. The van der Waals surface area contributed by atoms with E-state index >= 15 is 0 Å². The van der Waals surface area contributed by atoms with Gasteiger partial charge < -0.3 is 9.84 Å². The summed E-state index contributed by atoms with van der Waals surface area (Å²) in [7, 11) is 0. The minimum Gasteiger partial charge on any atom is -0.360 e. The number of thiol groups is 2. The van der Waals surface area contributed by atoms with Crippen LogP contribution >= 0.6 is 25.3 Å². The molecule has 0 aliphatic carbocycles. The summed E-state index contributed by atoms with van der Waals surface area (Å²) in [5, 5.41) is 8.54. The molecule has 10 heavy (non-hydrogen) atoms. The van der Waals surface area contributed by atoms with E-state index in [1.165, 1.54) is 0 Å². The quantitative estimate of drug-likeness (QED) is 0.328. The van der Waals surface area contributed by atoms with E-state index in [9.17, 15) is 0 Å². The lowest BCUT2D eigenvalue weighted by Crippen LogP contribution is -2.04. The van der Waals surface area contributed by atoms with Gasteiger partial charge in [-0.15, -0.1) is 12.6 Å². The molecule has 0 saturated heterocycles. The highest BCUT2D eigenvalue weighted by molar-refractivity contribution is 7.80. The Morgan fingerprint density at radius 2 is 2.00 bits per heavy atom. The molecule has 0 heterocycles. The Morgan fingerprint density at radius 1 is 1.30 bits per heavy atom. The monoisotopic (exact) mass is 182 g/mol.